The van der Waals surface area contributed by atoms with Crippen molar-refractivity contribution in [3.63, 3.8) is 0 Å². The Morgan fingerprint density at radius 3 is 2.36 bits per heavy atom. The standard InChI is InChI=1S/C17H27N3O4S/c1-17(2,3)24-16(21)20-9-7-12(8-10-20)19-15-6-5-13(11-14(15)18)25(4,22)23/h5-6,11-12,19H,7-10,18H2,1-4H3. The van der Waals surface area contributed by atoms with E-state index in [4.69, 9.17) is 10.5 Å². The lowest BCUT2D eigenvalue weighted by atomic mass is 10.0. The fourth-order valence-corrected chi connectivity index (χ4v) is 3.31. The molecule has 1 fully saturated rings. The summed E-state index contributed by atoms with van der Waals surface area (Å²) in [5, 5.41) is 3.34. The van der Waals surface area contributed by atoms with E-state index in [0.717, 1.165) is 19.1 Å². The molecule has 0 bridgehead atoms. The van der Waals surface area contributed by atoms with Crippen LogP contribution in [0, 0.1) is 0 Å². The molecule has 0 radical (unpaired) electrons. The lowest BCUT2D eigenvalue weighted by molar-refractivity contribution is 0.0210. The molecule has 8 heteroatoms. The quantitative estimate of drug-likeness (QED) is 0.794. The van der Waals surface area contributed by atoms with Crippen LogP contribution in [0.4, 0.5) is 16.2 Å². The zero-order chi connectivity index (χ0) is 18.8. The molecule has 1 heterocycles. The van der Waals surface area contributed by atoms with Gasteiger partial charge in [0.25, 0.3) is 0 Å². The van der Waals surface area contributed by atoms with E-state index in [-0.39, 0.29) is 17.0 Å². The predicted molar refractivity (Wildman–Crippen MR) is 98.4 cm³/mol. The van der Waals surface area contributed by atoms with Gasteiger partial charge in [0, 0.05) is 25.4 Å². The third-order valence-corrected chi connectivity index (χ3v) is 5.07. The van der Waals surface area contributed by atoms with Crippen LogP contribution in [0.2, 0.25) is 0 Å². The predicted octanol–water partition coefficient (Wildman–Crippen LogP) is 2.48. The SMILES string of the molecule is CC(C)(C)OC(=O)N1CCC(Nc2ccc(S(C)(=O)=O)cc2N)CC1. The van der Waals surface area contributed by atoms with Crippen molar-refractivity contribution in [3.05, 3.63) is 18.2 Å². The highest BCUT2D eigenvalue weighted by molar-refractivity contribution is 7.90. The molecule has 2 rings (SSSR count). The number of ether oxygens (including phenoxy) is 1. The molecule has 1 aliphatic heterocycles. The average Bonchev–Trinajstić information content (AvgIpc) is 2.47. The smallest absolute Gasteiger partial charge is 0.410 e. The number of nitrogens with two attached hydrogens (primary N) is 1. The molecule has 140 valence electrons. The minimum Gasteiger partial charge on any atom is -0.444 e. The molecule has 0 aliphatic carbocycles. The number of nitrogens with zero attached hydrogens (tertiary/aromatic N) is 1. The van der Waals surface area contributed by atoms with E-state index in [9.17, 15) is 13.2 Å². The second-order valence-corrected chi connectivity index (χ2v) is 9.42. The Morgan fingerprint density at radius 1 is 1.28 bits per heavy atom. The monoisotopic (exact) mass is 369 g/mol. The van der Waals surface area contributed by atoms with E-state index < -0.39 is 15.4 Å². The van der Waals surface area contributed by atoms with Crippen molar-refractivity contribution in [2.75, 3.05) is 30.4 Å². The molecule has 1 aromatic carbocycles. The lowest BCUT2D eigenvalue weighted by Gasteiger charge is -2.34. The zero-order valence-electron chi connectivity index (χ0n) is 15.2. The Labute approximate surface area is 149 Å². The summed E-state index contributed by atoms with van der Waals surface area (Å²) in [4.78, 5) is 14.0. The summed E-state index contributed by atoms with van der Waals surface area (Å²) in [5.41, 5.74) is 6.58. The molecular formula is C17H27N3O4S. The Hall–Kier alpha value is -1.96. The number of rotatable bonds is 3. The van der Waals surface area contributed by atoms with Gasteiger partial charge in [0.1, 0.15) is 5.60 Å². The van der Waals surface area contributed by atoms with Crippen LogP contribution in [0.1, 0.15) is 33.6 Å². The maximum absolute atomic E-state index is 12.1. The normalized spacial score (nSPS) is 16.6. The van der Waals surface area contributed by atoms with E-state index in [1.165, 1.54) is 6.07 Å². The first-order valence-electron chi connectivity index (χ1n) is 8.30. The molecule has 0 atom stereocenters. The van der Waals surface area contributed by atoms with Crippen LogP contribution < -0.4 is 11.1 Å². The summed E-state index contributed by atoms with van der Waals surface area (Å²) < 4.78 is 28.5. The average molecular weight is 369 g/mol. The number of benzene rings is 1. The van der Waals surface area contributed by atoms with Gasteiger partial charge in [-0.2, -0.15) is 0 Å². The molecule has 0 saturated carbocycles. The highest BCUT2D eigenvalue weighted by Gasteiger charge is 2.27. The first-order valence-corrected chi connectivity index (χ1v) is 10.2. The molecule has 0 aromatic heterocycles. The number of piperidine rings is 1. The highest BCUT2D eigenvalue weighted by atomic mass is 32.2. The summed E-state index contributed by atoms with van der Waals surface area (Å²) in [7, 11) is -3.27. The van der Waals surface area contributed by atoms with Gasteiger partial charge in [0.05, 0.1) is 16.3 Å². The van der Waals surface area contributed by atoms with Crippen molar-refractivity contribution in [1.82, 2.24) is 4.90 Å². The van der Waals surface area contributed by atoms with Gasteiger partial charge in [0.15, 0.2) is 9.84 Å². The number of anilines is 2. The molecule has 1 saturated heterocycles. The highest BCUT2D eigenvalue weighted by Crippen LogP contribution is 2.25. The molecule has 1 aromatic rings. The maximum atomic E-state index is 12.1. The first-order chi connectivity index (χ1) is 11.5. The lowest BCUT2D eigenvalue weighted by Crippen LogP contribution is -2.44. The first kappa shape index (κ1) is 19.4. The Morgan fingerprint density at radius 2 is 1.88 bits per heavy atom. The van der Waals surface area contributed by atoms with Crippen LogP contribution in [0.25, 0.3) is 0 Å². The van der Waals surface area contributed by atoms with E-state index >= 15 is 0 Å². The largest absolute Gasteiger partial charge is 0.444 e. The molecule has 1 aliphatic rings. The number of sulfone groups is 1. The molecule has 7 nitrogen and oxygen atoms in total. The van der Waals surface area contributed by atoms with Crippen molar-refractivity contribution in [3.8, 4) is 0 Å². The molecule has 25 heavy (non-hydrogen) atoms. The third-order valence-electron chi connectivity index (χ3n) is 3.96. The minimum absolute atomic E-state index is 0.171. The summed E-state index contributed by atoms with van der Waals surface area (Å²) in [6, 6.07) is 4.87. The number of likely N-dealkylation sites (tertiary alicyclic amines) is 1. The van der Waals surface area contributed by atoms with Crippen molar-refractivity contribution >= 4 is 27.3 Å². The number of carbonyl (C=O) groups excluding carboxylic acids is 1. The van der Waals surface area contributed by atoms with Crippen molar-refractivity contribution in [2.24, 2.45) is 0 Å². The van der Waals surface area contributed by atoms with Gasteiger partial charge in [-0.3, -0.25) is 0 Å². The number of hydrogen-bond acceptors (Lipinski definition) is 6. The van der Waals surface area contributed by atoms with Crippen molar-refractivity contribution in [2.45, 2.75) is 50.2 Å². The van der Waals surface area contributed by atoms with Crippen molar-refractivity contribution < 1.29 is 17.9 Å². The van der Waals surface area contributed by atoms with Crippen LogP contribution in [0.3, 0.4) is 0 Å². The number of amides is 1. The van der Waals surface area contributed by atoms with Gasteiger partial charge in [-0.25, -0.2) is 13.2 Å². The Bertz CT molecular complexity index is 733. The second kappa shape index (κ2) is 7.11. The van der Waals surface area contributed by atoms with Gasteiger partial charge in [0.2, 0.25) is 0 Å². The van der Waals surface area contributed by atoms with Crippen molar-refractivity contribution in [1.29, 1.82) is 0 Å². The van der Waals surface area contributed by atoms with Crippen LogP contribution in [-0.4, -0.2) is 50.4 Å². The molecule has 0 unspecified atom stereocenters. The number of carbonyl (C=O) groups is 1. The second-order valence-electron chi connectivity index (χ2n) is 7.41. The molecule has 1 amide bonds. The van der Waals surface area contributed by atoms with Gasteiger partial charge >= 0.3 is 6.09 Å². The topological polar surface area (TPSA) is 102 Å². The maximum Gasteiger partial charge on any atom is 0.410 e. The number of hydrogen-bond donors (Lipinski definition) is 2. The van der Waals surface area contributed by atoms with Gasteiger partial charge in [-0.05, 0) is 51.8 Å². The summed E-state index contributed by atoms with van der Waals surface area (Å²) >= 11 is 0. The molecule has 0 spiro atoms. The molecule has 3 N–H and O–H groups in total. The van der Waals surface area contributed by atoms with Gasteiger partial charge in [-0.1, -0.05) is 0 Å². The van der Waals surface area contributed by atoms with E-state index in [2.05, 4.69) is 5.32 Å². The van der Waals surface area contributed by atoms with Crippen LogP contribution in [0.5, 0.6) is 0 Å². The summed E-state index contributed by atoms with van der Waals surface area (Å²) in [6.07, 6.45) is 2.41. The van der Waals surface area contributed by atoms with Crippen LogP contribution in [-0.2, 0) is 14.6 Å². The Kier molecular flexibility index (Phi) is 5.51. The molecular weight excluding hydrogens is 342 g/mol. The number of nitrogens with one attached hydrogen (secondary N) is 1. The van der Waals surface area contributed by atoms with Crippen LogP contribution >= 0.6 is 0 Å². The Balaban J connectivity index is 1.93. The van der Waals surface area contributed by atoms with E-state index in [0.29, 0.717) is 24.5 Å². The van der Waals surface area contributed by atoms with E-state index in [1.807, 2.05) is 20.8 Å². The third kappa shape index (κ3) is 5.52. The van der Waals surface area contributed by atoms with Gasteiger partial charge in [-0.15, -0.1) is 0 Å². The fraction of sp³-hybridized carbons (Fsp3) is 0.588. The van der Waals surface area contributed by atoms with Gasteiger partial charge < -0.3 is 20.7 Å². The minimum atomic E-state index is -3.27. The summed E-state index contributed by atoms with van der Waals surface area (Å²) in [5.74, 6) is 0. The zero-order valence-corrected chi connectivity index (χ0v) is 16.0. The fourth-order valence-electron chi connectivity index (χ4n) is 2.66. The summed E-state index contributed by atoms with van der Waals surface area (Å²) in [6.45, 7) is 6.76. The van der Waals surface area contributed by atoms with E-state index in [1.54, 1.807) is 17.0 Å². The van der Waals surface area contributed by atoms with Crippen LogP contribution in [0.15, 0.2) is 23.1 Å². The number of nitrogen functional groups attached to an aromatic ring is 1.